The molecule has 5 heteroatoms. The van der Waals surface area contributed by atoms with Gasteiger partial charge in [-0.3, -0.25) is 4.90 Å². The Morgan fingerprint density at radius 1 is 1.22 bits per heavy atom. The van der Waals surface area contributed by atoms with Crippen LogP contribution in [0, 0.1) is 6.92 Å². The highest BCUT2D eigenvalue weighted by Gasteiger charge is 2.28. The monoisotopic (exact) mass is 325 g/mol. The topological polar surface area (TPSA) is 42.2 Å². The Morgan fingerprint density at radius 2 is 2.09 bits per heavy atom. The number of likely N-dealkylation sites (tertiary alicyclic amines) is 1. The van der Waals surface area contributed by atoms with E-state index in [4.69, 9.17) is 4.42 Å². The summed E-state index contributed by atoms with van der Waals surface area (Å²) in [7, 11) is 0. The van der Waals surface area contributed by atoms with Crippen molar-refractivity contribution in [3.63, 3.8) is 0 Å². The quantitative estimate of drug-likeness (QED) is 0.724. The van der Waals surface area contributed by atoms with E-state index < -0.39 is 0 Å². The highest BCUT2D eigenvalue weighted by Crippen LogP contribution is 2.30. The molecule has 0 N–H and O–H groups in total. The highest BCUT2D eigenvalue weighted by molar-refractivity contribution is 7.09. The van der Waals surface area contributed by atoms with E-state index >= 15 is 0 Å². The van der Waals surface area contributed by atoms with Crippen molar-refractivity contribution in [2.45, 2.75) is 25.8 Å². The fraction of sp³-hybridized carbons (Fsp3) is 0.333. The SMILES string of the molecule is Cc1ccc(-c2nnc(C3CCN(Cc4cccs4)C3)o2)cc1. The average Bonchev–Trinajstić information content (AvgIpc) is 3.29. The van der Waals surface area contributed by atoms with Crippen molar-refractivity contribution >= 4 is 11.3 Å². The molecule has 4 rings (SSSR count). The van der Waals surface area contributed by atoms with Gasteiger partial charge in [-0.05, 0) is 43.5 Å². The molecular weight excluding hydrogens is 306 g/mol. The summed E-state index contributed by atoms with van der Waals surface area (Å²) in [4.78, 5) is 3.88. The second-order valence-electron chi connectivity index (χ2n) is 6.11. The first kappa shape index (κ1) is 14.6. The summed E-state index contributed by atoms with van der Waals surface area (Å²) < 4.78 is 5.93. The van der Waals surface area contributed by atoms with E-state index in [1.54, 1.807) is 0 Å². The Bertz CT molecular complexity index is 764. The van der Waals surface area contributed by atoms with Crippen molar-refractivity contribution in [3.8, 4) is 11.5 Å². The molecule has 3 heterocycles. The van der Waals surface area contributed by atoms with Crippen LogP contribution in [0.5, 0.6) is 0 Å². The summed E-state index contributed by atoms with van der Waals surface area (Å²) in [6, 6.07) is 12.5. The van der Waals surface area contributed by atoms with Crippen molar-refractivity contribution in [1.82, 2.24) is 15.1 Å². The first-order chi connectivity index (χ1) is 11.3. The Hall–Kier alpha value is -1.98. The Kier molecular flexibility index (Phi) is 3.97. The molecule has 1 saturated heterocycles. The molecule has 0 aliphatic carbocycles. The molecule has 1 aliphatic heterocycles. The lowest BCUT2D eigenvalue weighted by Gasteiger charge is -2.13. The van der Waals surface area contributed by atoms with Crippen LogP contribution in [0.3, 0.4) is 0 Å². The molecule has 3 aromatic rings. The van der Waals surface area contributed by atoms with Crippen molar-refractivity contribution in [1.29, 1.82) is 0 Å². The van der Waals surface area contributed by atoms with Crippen LogP contribution in [0.1, 0.15) is 28.7 Å². The molecule has 0 radical (unpaired) electrons. The van der Waals surface area contributed by atoms with Gasteiger partial charge in [0.15, 0.2) is 0 Å². The van der Waals surface area contributed by atoms with E-state index in [-0.39, 0.29) is 0 Å². The van der Waals surface area contributed by atoms with E-state index in [9.17, 15) is 0 Å². The number of aryl methyl sites for hydroxylation is 1. The third-order valence-electron chi connectivity index (χ3n) is 4.32. The van der Waals surface area contributed by atoms with Crippen molar-refractivity contribution in [3.05, 3.63) is 58.1 Å². The fourth-order valence-corrected chi connectivity index (χ4v) is 3.76. The third-order valence-corrected chi connectivity index (χ3v) is 5.18. The van der Waals surface area contributed by atoms with E-state index in [2.05, 4.69) is 51.7 Å². The number of rotatable bonds is 4. The van der Waals surface area contributed by atoms with Crippen LogP contribution in [-0.2, 0) is 6.54 Å². The van der Waals surface area contributed by atoms with Crippen LogP contribution in [0.2, 0.25) is 0 Å². The predicted octanol–water partition coefficient (Wildman–Crippen LogP) is 4.10. The van der Waals surface area contributed by atoms with Gasteiger partial charge in [-0.25, -0.2) is 0 Å². The first-order valence-electron chi connectivity index (χ1n) is 7.93. The standard InChI is InChI=1S/C18H19N3OS/c1-13-4-6-14(7-5-13)17-19-20-18(22-17)15-8-9-21(11-15)12-16-3-2-10-23-16/h2-7,10,15H,8-9,11-12H2,1H3. The van der Waals surface area contributed by atoms with E-state index in [0.29, 0.717) is 11.8 Å². The highest BCUT2D eigenvalue weighted by atomic mass is 32.1. The second kappa shape index (κ2) is 6.26. The number of hydrogen-bond acceptors (Lipinski definition) is 5. The number of nitrogens with zero attached hydrogens (tertiary/aromatic N) is 3. The first-order valence-corrected chi connectivity index (χ1v) is 8.81. The molecule has 0 saturated carbocycles. The zero-order chi connectivity index (χ0) is 15.6. The van der Waals surface area contributed by atoms with Gasteiger partial charge in [0.2, 0.25) is 11.8 Å². The number of aromatic nitrogens is 2. The van der Waals surface area contributed by atoms with Gasteiger partial charge in [0.05, 0.1) is 5.92 Å². The van der Waals surface area contributed by atoms with Gasteiger partial charge in [0.1, 0.15) is 0 Å². The largest absolute Gasteiger partial charge is 0.420 e. The fourth-order valence-electron chi connectivity index (χ4n) is 3.01. The van der Waals surface area contributed by atoms with Gasteiger partial charge in [0, 0.05) is 23.5 Å². The Morgan fingerprint density at radius 3 is 2.87 bits per heavy atom. The summed E-state index contributed by atoms with van der Waals surface area (Å²) >= 11 is 1.82. The normalized spacial score (nSPS) is 18.6. The summed E-state index contributed by atoms with van der Waals surface area (Å²) in [5.41, 5.74) is 2.22. The molecule has 4 nitrogen and oxygen atoms in total. The third kappa shape index (κ3) is 3.21. The van der Waals surface area contributed by atoms with Crippen LogP contribution >= 0.6 is 11.3 Å². The number of hydrogen-bond donors (Lipinski definition) is 0. The van der Waals surface area contributed by atoms with Crippen molar-refractivity contribution < 1.29 is 4.42 Å². The smallest absolute Gasteiger partial charge is 0.247 e. The molecule has 0 bridgehead atoms. The van der Waals surface area contributed by atoms with Crippen LogP contribution < -0.4 is 0 Å². The summed E-state index contributed by atoms with van der Waals surface area (Å²) in [6.45, 7) is 5.18. The molecule has 1 unspecified atom stereocenters. The summed E-state index contributed by atoms with van der Waals surface area (Å²) in [6.07, 6.45) is 1.08. The molecule has 118 valence electrons. The number of thiophene rings is 1. The van der Waals surface area contributed by atoms with Gasteiger partial charge in [0.25, 0.3) is 0 Å². The maximum Gasteiger partial charge on any atom is 0.247 e. The lowest BCUT2D eigenvalue weighted by molar-refractivity contribution is 0.323. The van der Waals surface area contributed by atoms with Crippen LogP contribution in [0.4, 0.5) is 0 Å². The lowest BCUT2D eigenvalue weighted by atomic mass is 10.1. The van der Waals surface area contributed by atoms with E-state index in [1.807, 2.05) is 23.5 Å². The van der Waals surface area contributed by atoms with Gasteiger partial charge >= 0.3 is 0 Å². The lowest BCUT2D eigenvalue weighted by Crippen LogP contribution is -2.19. The van der Waals surface area contributed by atoms with E-state index in [1.165, 1.54) is 10.4 Å². The molecule has 23 heavy (non-hydrogen) atoms. The van der Waals surface area contributed by atoms with Gasteiger partial charge < -0.3 is 4.42 Å². The zero-order valence-corrected chi connectivity index (χ0v) is 13.9. The molecule has 0 spiro atoms. The minimum absolute atomic E-state index is 0.349. The predicted molar refractivity (Wildman–Crippen MR) is 91.4 cm³/mol. The summed E-state index contributed by atoms with van der Waals surface area (Å²) in [5.74, 6) is 1.74. The molecule has 1 atom stereocenters. The minimum Gasteiger partial charge on any atom is -0.420 e. The van der Waals surface area contributed by atoms with Gasteiger partial charge in [-0.1, -0.05) is 23.8 Å². The molecule has 1 fully saturated rings. The average molecular weight is 325 g/mol. The molecule has 2 aromatic heterocycles. The number of benzene rings is 1. The van der Waals surface area contributed by atoms with E-state index in [0.717, 1.165) is 37.5 Å². The van der Waals surface area contributed by atoms with Gasteiger partial charge in [-0.2, -0.15) is 0 Å². The van der Waals surface area contributed by atoms with Crippen molar-refractivity contribution in [2.75, 3.05) is 13.1 Å². The maximum atomic E-state index is 5.93. The minimum atomic E-state index is 0.349. The zero-order valence-electron chi connectivity index (χ0n) is 13.1. The second-order valence-corrected chi connectivity index (χ2v) is 7.14. The molecule has 1 aliphatic rings. The van der Waals surface area contributed by atoms with Gasteiger partial charge in [-0.15, -0.1) is 21.5 Å². The van der Waals surface area contributed by atoms with Crippen LogP contribution in [0.15, 0.2) is 46.2 Å². The molecule has 1 aromatic carbocycles. The molecule has 0 amide bonds. The molecular formula is C18H19N3OS. The summed E-state index contributed by atoms with van der Waals surface area (Å²) in [5, 5.41) is 10.6. The van der Waals surface area contributed by atoms with Crippen molar-refractivity contribution in [2.24, 2.45) is 0 Å². The Labute approximate surface area is 139 Å². The van der Waals surface area contributed by atoms with Crippen LogP contribution in [0.25, 0.3) is 11.5 Å². The Balaban J connectivity index is 1.44. The van der Waals surface area contributed by atoms with Crippen LogP contribution in [-0.4, -0.2) is 28.2 Å². The maximum absolute atomic E-state index is 5.93.